The van der Waals surface area contributed by atoms with Crippen LogP contribution < -0.4 is 10.2 Å². The first kappa shape index (κ1) is 15.8. The van der Waals surface area contributed by atoms with E-state index in [4.69, 9.17) is 0 Å². The molecule has 1 aromatic heterocycles. The van der Waals surface area contributed by atoms with Crippen LogP contribution in [0.5, 0.6) is 0 Å². The largest absolute Gasteiger partial charge is 0.356 e. The van der Waals surface area contributed by atoms with Crippen molar-refractivity contribution in [2.24, 2.45) is 0 Å². The van der Waals surface area contributed by atoms with E-state index >= 15 is 0 Å². The van der Waals surface area contributed by atoms with Crippen LogP contribution in [0.4, 0.5) is 17.5 Å². The number of nitrogens with zero attached hydrogens (tertiary/aromatic N) is 3. The summed E-state index contributed by atoms with van der Waals surface area (Å²) in [6, 6.07) is 10.5. The molecule has 1 saturated heterocycles. The fourth-order valence-electron chi connectivity index (χ4n) is 2.89. The third-order valence-corrected chi connectivity index (χ3v) is 4.33. The van der Waals surface area contributed by atoms with Crippen molar-refractivity contribution in [2.75, 3.05) is 23.3 Å². The summed E-state index contributed by atoms with van der Waals surface area (Å²) in [5.74, 6) is 1.69. The van der Waals surface area contributed by atoms with Gasteiger partial charge in [0.2, 0.25) is 5.95 Å². The van der Waals surface area contributed by atoms with E-state index in [1.54, 1.807) is 0 Å². The molecule has 0 aliphatic carbocycles. The van der Waals surface area contributed by atoms with Gasteiger partial charge in [0, 0.05) is 25.0 Å². The molecule has 1 fully saturated rings. The van der Waals surface area contributed by atoms with Crippen molar-refractivity contribution in [1.29, 1.82) is 0 Å². The molecule has 4 nitrogen and oxygen atoms in total. The molecule has 23 heavy (non-hydrogen) atoms. The van der Waals surface area contributed by atoms with Crippen LogP contribution in [-0.2, 0) is 5.41 Å². The predicted octanol–water partition coefficient (Wildman–Crippen LogP) is 4.51. The molecule has 4 heteroatoms. The SMILES string of the molecule is CC(C)(C)c1ccc(Nc2nccc(N3CCCCC3)n2)cc1. The molecular weight excluding hydrogens is 284 g/mol. The minimum atomic E-state index is 0.170. The van der Waals surface area contributed by atoms with Gasteiger partial charge in [0.1, 0.15) is 5.82 Å². The van der Waals surface area contributed by atoms with Crippen LogP contribution in [0.25, 0.3) is 0 Å². The molecule has 0 bridgehead atoms. The summed E-state index contributed by atoms with van der Waals surface area (Å²) >= 11 is 0. The minimum Gasteiger partial charge on any atom is -0.356 e. The summed E-state index contributed by atoms with van der Waals surface area (Å²) in [5.41, 5.74) is 2.52. The first-order chi connectivity index (χ1) is 11.0. The van der Waals surface area contributed by atoms with Gasteiger partial charge in [-0.25, -0.2) is 4.98 Å². The highest BCUT2D eigenvalue weighted by atomic mass is 15.2. The van der Waals surface area contributed by atoms with Crippen LogP contribution in [0.1, 0.15) is 45.6 Å². The van der Waals surface area contributed by atoms with Crippen LogP contribution in [0.15, 0.2) is 36.5 Å². The second-order valence-electron chi connectivity index (χ2n) is 7.24. The number of rotatable bonds is 3. The van der Waals surface area contributed by atoms with Gasteiger partial charge in [0.05, 0.1) is 0 Å². The molecule has 122 valence electrons. The molecule has 1 aromatic carbocycles. The maximum Gasteiger partial charge on any atom is 0.229 e. The maximum atomic E-state index is 4.67. The van der Waals surface area contributed by atoms with Gasteiger partial charge >= 0.3 is 0 Å². The van der Waals surface area contributed by atoms with Crippen LogP contribution in [0.2, 0.25) is 0 Å². The van der Waals surface area contributed by atoms with Crippen molar-refractivity contribution in [1.82, 2.24) is 9.97 Å². The lowest BCUT2D eigenvalue weighted by Gasteiger charge is -2.27. The second-order valence-corrected chi connectivity index (χ2v) is 7.24. The fourth-order valence-corrected chi connectivity index (χ4v) is 2.89. The topological polar surface area (TPSA) is 41.1 Å². The molecule has 0 amide bonds. The van der Waals surface area contributed by atoms with Crippen LogP contribution in [0.3, 0.4) is 0 Å². The van der Waals surface area contributed by atoms with Gasteiger partial charge < -0.3 is 10.2 Å². The van der Waals surface area contributed by atoms with E-state index in [-0.39, 0.29) is 5.41 Å². The van der Waals surface area contributed by atoms with Crippen molar-refractivity contribution in [3.05, 3.63) is 42.1 Å². The van der Waals surface area contributed by atoms with E-state index in [2.05, 4.69) is 65.2 Å². The Kier molecular flexibility index (Phi) is 4.51. The molecule has 0 atom stereocenters. The Labute approximate surface area is 139 Å². The Morgan fingerprint density at radius 2 is 1.65 bits per heavy atom. The Morgan fingerprint density at radius 1 is 0.957 bits per heavy atom. The highest BCUT2D eigenvalue weighted by Crippen LogP contribution is 2.25. The summed E-state index contributed by atoms with van der Waals surface area (Å²) in [7, 11) is 0. The van der Waals surface area contributed by atoms with Gasteiger partial charge in [-0.1, -0.05) is 32.9 Å². The Morgan fingerprint density at radius 3 is 2.30 bits per heavy atom. The van der Waals surface area contributed by atoms with Gasteiger partial charge in [0.25, 0.3) is 0 Å². The standard InChI is InChI=1S/C19H26N4/c1-19(2,3)15-7-9-16(10-8-15)21-18-20-12-11-17(22-18)23-13-5-4-6-14-23/h7-12H,4-6,13-14H2,1-3H3,(H,20,21,22). The maximum absolute atomic E-state index is 4.67. The van der Waals surface area contributed by atoms with E-state index in [0.717, 1.165) is 24.6 Å². The van der Waals surface area contributed by atoms with Gasteiger partial charge in [-0.3, -0.25) is 0 Å². The molecular formula is C19H26N4. The second kappa shape index (κ2) is 6.57. The first-order valence-corrected chi connectivity index (χ1v) is 8.48. The number of benzene rings is 1. The first-order valence-electron chi connectivity index (χ1n) is 8.48. The zero-order valence-electron chi connectivity index (χ0n) is 14.3. The summed E-state index contributed by atoms with van der Waals surface area (Å²) in [6.07, 6.45) is 5.66. The molecule has 1 aliphatic rings. The molecule has 2 heterocycles. The van der Waals surface area contributed by atoms with E-state index < -0.39 is 0 Å². The zero-order valence-corrected chi connectivity index (χ0v) is 14.3. The monoisotopic (exact) mass is 310 g/mol. The Hall–Kier alpha value is -2.10. The Bertz CT molecular complexity index is 637. The third-order valence-electron chi connectivity index (χ3n) is 4.33. The minimum absolute atomic E-state index is 0.170. The molecule has 0 unspecified atom stereocenters. The number of anilines is 3. The van der Waals surface area contributed by atoms with E-state index in [0.29, 0.717) is 5.95 Å². The van der Waals surface area contributed by atoms with Crippen LogP contribution in [0, 0.1) is 0 Å². The quantitative estimate of drug-likeness (QED) is 0.905. The highest BCUT2D eigenvalue weighted by molar-refractivity contribution is 5.55. The summed E-state index contributed by atoms with van der Waals surface area (Å²) < 4.78 is 0. The molecule has 0 radical (unpaired) electrons. The third kappa shape index (κ3) is 4.01. The lowest BCUT2D eigenvalue weighted by Crippen LogP contribution is -2.30. The molecule has 1 N–H and O–H groups in total. The van der Waals surface area contributed by atoms with Crippen molar-refractivity contribution in [3.63, 3.8) is 0 Å². The zero-order chi connectivity index (χ0) is 16.3. The average Bonchev–Trinajstić information content (AvgIpc) is 2.56. The number of hydrogen-bond acceptors (Lipinski definition) is 4. The summed E-state index contributed by atoms with van der Waals surface area (Å²) in [5, 5.41) is 3.31. The van der Waals surface area contributed by atoms with Crippen LogP contribution >= 0.6 is 0 Å². The normalized spacial score (nSPS) is 15.5. The number of aromatic nitrogens is 2. The smallest absolute Gasteiger partial charge is 0.229 e. The van der Waals surface area contributed by atoms with Crippen molar-refractivity contribution < 1.29 is 0 Å². The molecule has 3 rings (SSSR count). The lowest BCUT2D eigenvalue weighted by molar-refractivity contribution is 0.573. The molecule has 0 spiro atoms. The van der Waals surface area contributed by atoms with Crippen LogP contribution in [-0.4, -0.2) is 23.1 Å². The van der Waals surface area contributed by atoms with E-state index in [9.17, 15) is 0 Å². The summed E-state index contributed by atoms with van der Waals surface area (Å²) in [4.78, 5) is 11.4. The molecule has 1 aliphatic heterocycles. The lowest BCUT2D eigenvalue weighted by atomic mass is 9.87. The fraction of sp³-hybridized carbons (Fsp3) is 0.474. The van der Waals surface area contributed by atoms with Crippen molar-refractivity contribution >= 4 is 17.5 Å². The number of hydrogen-bond donors (Lipinski definition) is 1. The van der Waals surface area contributed by atoms with E-state index in [1.807, 2.05) is 12.3 Å². The summed E-state index contributed by atoms with van der Waals surface area (Å²) in [6.45, 7) is 8.86. The predicted molar refractivity (Wildman–Crippen MR) is 96.5 cm³/mol. The van der Waals surface area contributed by atoms with Gasteiger partial charge in [-0.15, -0.1) is 0 Å². The van der Waals surface area contributed by atoms with Gasteiger partial charge in [0.15, 0.2) is 0 Å². The number of piperidine rings is 1. The van der Waals surface area contributed by atoms with Crippen molar-refractivity contribution in [2.45, 2.75) is 45.4 Å². The van der Waals surface area contributed by atoms with E-state index in [1.165, 1.54) is 24.8 Å². The Balaban J connectivity index is 1.72. The average molecular weight is 310 g/mol. The molecule has 2 aromatic rings. The molecule has 0 saturated carbocycles. The number of nitrogens with one attached hydrogen (secondary N) is 1. The van der Waals surface area contributed by atoms with Gasteiger partial charge in [-0.05, 0) is 48.4 Å². The van der Waals surface area contributed by atoms with Gasteiger partial charge in [-0.2, -0.15) is 4.98 Å². The van der Waals surface area contributed by atoms with Crippen molar-refractivity contribution in [3.8, 4) is 0 Å². The highest BCUT2D eigenvalue weighted by Gasteiger charge is 2.14.